The third kappa shape index (κ3) is 3.88. The number of anilines is 1. The molecule has 2 aromatic heterocycles. The number of aromatic nitrogens is 4. The molecule has 4 rings (SSSR count). The van der Waals surface area contributed by atoms with Gasteiger partial charge in [-0.15, -0.1) is 5.10 Å². The largest absolute Gasteiger partial charge is 0.372 e. The fraction of sp³-hybridized carbons (Fsp3) is 0.381. The minimum Gasteiger partial charge on any atom is -0.372 e. The molecule has 0 spiro atoms. The van der Waals surface area contributed by atoms with Crippen molar-refractivity contribution in [2.24, 2.45) is 0 Å². The molecule has 1 aliphatic rings. The molecular weight excluding hydrogens is 384 g/mol. The van der Waals surface area contributed by atoms with E-state index in [0.29, 0.717) is 30.1 Å². The molecule has 1 saturated heterocycles. The number of hydrogen-bond acceptors (Lipinski definition) is 6. The minimum atomic E-state index is -0.499. The number of morpholine rings is 1. The van der Waals surface area contributed by atoms with Gasteiger partial charge >= 0.3 is 0 Å². The highest BCUT2D eigenvalue weighted by atomic mass is 16.5. The van der Waals surface area contributed by atoms with Crippen LogP contribution in [0.25, 0.3) is 5.78 Å². The number of ether oxygens (including phenoxy) is 1. The van der Waals surface area contributed by atoms with Gasteiger partial charge in [-0.05, 0) is 45.9 Å². The Morgan fingerprint density at radius 2 is 1.80 bits per heavy atom. The van der Waals surface area contributed by atoms with Crippen molar-refractivity contribution in [3.63, 3.8) is 0 Å². The molecule has 1 N–H and O–H groups in total. The zero-order valence-electron chi connectivity index (χ0n) is 17.4. The van der Waals surface area contributed by atoms with Gasteiger partial charge in [0, 0.05) is 24.5 Å². The van der Waals surface area contributed by atoms with Gasteiger partial charge in [-0.2, -0.15) is 4.98 Å². The number of hydrogen-bond donors (Lipinski definition) is 1. The van der Waals surface area contributed by atoms with Gasteiger partial charge in [0.1, 0.15) is 0 Å². The maximum absolute atomic E-state index is 13.1. The second-order valence-electron chi connectivity index (χ2n) is 7.65. The maximum atomic E-state index is 13.1. The van der Waals surface area contributed by atoms with Crippen molar-refractivity contribution >= 4 is 23.3 Å². The van der Waals surface area contributed by atoms with E-state index in [2.05, 4.69) is 20.4 Å². The standard InChI is InChI=1S/C21H24N6O3/c1-12-9-13(2)27-21(22-12)24-18(25-27)19(28)23-17-8-6-5-7-16(17)20(29)26-10-14(3)30-15(4)11-26/h5-9,14-15H,10-11H2,1-4H3,(H,23,28). The van der Waals surface area contributed by atoms with Crippen LogP contribution in [0.5, 0.6) is 0 Å². The first-order valence-corrected chi connectivity index (χ1v) is 9.88. The summed E-state index contributed by atoms with van der Waals surface area (Å²) in [5, 5.41) is 7.03. The van der Waals surface area contributed by atoms with Crippen molar-refractivity contribution in [2.45, 2.75) is 39.9 Å². The molecule has 1 aromatic carbocycles. The monoisotopic (exact) mass is 408 g/mol. The number of amides is 2. The highest BCUT2D eigenvalue weighted by Gasteiger charge is 2.28. The van der Waals surface area contributed by atoms with E-state index in [9.17, 15) is 9.59 Å². The second-order valence-corrected chi connectivity index (χ2v) is 7.65. The van der Waals surface area contributed by atoms with E-state index in [4.69, 9.17) is 4.74 Å². The Bertz CT molecular complexity index is 1120. The van der Waals surface area contributed by atoms with Crippen LogP contribution in [0, 0.1) is 13.8 Å². The van der Waals surface area contributed by atoms with Gasteiger partial charge in [-0.3, -0.25) is 9.59 Å². The molecule has 9 nitrogen and oxygen atoms in total. The van der Waals surface area contributed by atoms with Crippen LogP contribution in [0.3, 0.4) is 0 Å². The Morgan fingerprint density at radius 1 is 1.10 bits per heavy atom. The third-order valence-electron chi connectivity index (χ3n) is 4.93. The third-order valence-corrected chi connectivity index (χ3v) is 4.93. The lowest BCUT2D eigenvalue weighted by Crippen LogP contribution is -2.48. The first-order valence-electron chi connectivity index (χ1n) is 9.88. The van der Waals surface area contributed by atoms with Crippen molar-refractivity contribution in [1.82, 2.24) is 24.5 Å². The number of para-hydroxylation sites is 1. The smallest absolute Gasteiger partial charge is 0.295 e. The molecule has 30 heavy (non-hydrogen) atoms. The van der Waals surface area contributed by atoms with Crippen LogP contribution in [0.1, 0.15) is 46.2 Å². The van der Waals surface area contributed by atoms with E-state index in [1.165, 1.54) is 4.52 Å². The van der Waals surface area contributed by atoms with Crippen LogP contribution < -0.4 is 5.32 Å². The SMILES string of the molecule is Cc1cc(C)n2nc(C(=O)Nc3ccccc3C(=O)N3CC(C)OC(C)C3)nc2n1. The lowest BCUT2D eigenvalue weighted by Gasteiger charge is -2.35. The Morgan fingerprint density at radius 3 is 2.53 bits per heavy atom. The summed E-state index contributed by atoms with van der Waals surface area (Å²) in [6.45, 7) is 8.62. The summed E-state index contributed by atoms with van der Waals surface area (Å²) in [6, 6.07) is 8.80. The first kappa shape index (κ1) is 20.0. The van der Waals surface area contributed by atoms with Gasteiger partial charge < -0.3 is 15.0 Å². The molecule has 0 radical (unpaired) electrons. The van der Waals surface area contributed by atoms with Crippen molar-refractivity contribution in [1.29, 1.82) is 0 Å². The molecule has 2 unspecified atom stereocenters. The summed E-state index contributed by atoms with van der Waals surface area (Å²) in [7, 11) is 0. The normalized spacial score (nSPS) is 19.1. The van der Waals surface area contributed by atoms with Crippen LogP contribution in [0.2, 0.25) is 0 Å². The quantitative estimate of drug-likeness (QED) is 0.713. The van der Waals surface area contributed by atoms with Gasteiger partial charge in [0.05, 0.1) is 23.5 Å². The highest BCUT2D eigenvalue weighted by Crippen LogP contribution is 2.21. The van der Waals surface area contributed by atoms with Crippen molar-refractivity contribution < 1.29 is 14.3 Å². The van der Waals surface area contributed by atoms with E-state index in [1.807, 2.05) is 33.8 Å². The number of fused-ring (bicyclic) bond motifs is 1. The van der Waals surface area contributed by atoms with E-state index < -0.39 is 5.91 Å². The molecule has 0 saturated carbocycles. The van der Waals surface area contributed by atoms with Gasteiger partial charge in [0.15, 0.2) is 0 Å². The number of carbonyl (C=O) groups excluding carboxylic acids is 2. The predicted octanol–water partition coefficient (Wildman–Crippen LogP) is 2.24. The van der Waals surface area contributed by atoms with Crippen LogP contribution in [-0.4, -0.2) is 61.6 Å². The second kappa shape index (κ2) is 7.83. The lowest BCUT2D eigenvalue weighted by molar-refractivity contribution is -0.0585. The molecule has 0 bridgehead atoms. The van der Waals surface area contributed by atoms with Gasteiger partial charge in [-0.25, -0.2) is 9.50 Å². The summed E-state index contributed by atoms with van der Waals surface area (Å²) in [4.78, 5) is 36.2. The van der Waals surface area contributed by atoms with Crippen molar-refractivity contribution in [3.05, 3.63) is 53.1 Å². The fourth-order valence-electron chi connectivity index (χ4n) is 3.73. The van der Waals surface area contributed by atoms with Crippen molar-refractivity contribution in [2.75, 3.05) is 18.4 Å². The van der Waals surface area contributed by atoms with Gasteiger partial charge in [-0.1, -0.05) is 12.1 Å². The number of carbonyl (C=O) groups is 2. The molecular formula is C21H24N6O3. The molecule has 156 valence electrons. The summed E-state index contributed by atoms with van der Waals surface area (Å²) in [5.74, 6) is -0.295. The van der Waals surface area contributed by atoms with E-state index in [-0.39, 0.29) is 23.9 Å². The molecule has 9 heteroatoms. The van der Waals surface area contributed by atoms with Crippen LogP contribution in [0.4, 0.5) is 5.69 Å². The van der Waals surface area contributed by atoms with Crippen LogP contribution in [-0.2, 0) is 4.74 Å². The molecule has 2 atom stereocenters. The average molecular weight is 408 g/mol. The summed E-state index contributed by atoms with van der Waals surface area (Å²) < 4.78 is 7.24. The molecule has 2 amide bonds. The summed E-state index contributed by atoms with van der Waals surface area (Å²) in [6.07, 6.45) is -0.0818. The summed E-state index contributed by atoms with van der Waals surface area (Å²) >= 11 is 0. The van der Waals surface area contributed by atoms with Gasteiger partial charge in [0.2, 0.25) is 5.82 Å². The molecule has 1 fully saturated rings. The zero-order chi connectivity index (χ0) is 21.4. The number of rotatable bonds is 3. The van der Waals surface area contributed by atoms with Gasteiger partial charge in [0.25, 0.3) is 17.6 Å². The van der Waals surface area contributed by atoms with Crippen LogP contribution >= 0.6 is 0 Å². The first-order chi connectivity index (χ1) is 14.3. The average Bonchev–Trinajstić information content (AvgIpc) is 3.12. The Labute approximate surface area is 174 Å². The molecule has 3 heterocycles. The topological polar surface area (TPSA) is 102 Å². The maximum Gasteiger partial charge on any atom is 0.295 e. The Hall–Kier alpha value is -3.33. The minimum absolute atomic E-state index is 0.00734. The van der Waals surface area contributed by atoms with Crippen LogP contribution in [0.15, 0.2) is 30.3 Å². The number of aryl methyl sites for hydroxylation is 2. The summed E-state index contributed by atoms with van der Waals surface area (Å²) in [5.41, 5.74) is 2.46. The van der Waals surface area contributed by atoms with E-state index >= 15 is 0 Å². The van der Waals surface area contributed by atoms with E-state index in [1.54, 1.807) is 29.2 Å². The highest BCUT2D eigenvalue weighted by molar-refractivity contribution is 6.07. The number of nitrogens with one attached hydrogen (secondary N) is 1. The number of benzene rings is 1. The lowest BCUT2D eigenvalue weighted by atomic mass is 10.1. The Kier molecular flexibility index (Phi) is 5.21. The van der Waals surface area contributed by atoms with E-state index in [0.717, 1.165) is 11.4 Å². The number of nitrogens with zero attached hydrogens (tertiary/aromatic N) is 5. The zero-order valence-corrected chi connectivity index (χ0v) is 17.4. The molecule has 3 aromatic rings. The molecule has 0 aliphatic carbocycles. The predicted molar refractivity (Wildman–Crippen MR) is 111 cm³/mol. The Balaban J connectivity index is 1.59. The van der Waals surface area contributed by atoms with Crippen molar-refractivity contribution in [3.8, 4) is 0 Å². The molecule has 1 aliphatic heterocycles. The fourth-order valence-corrected chi connectivity index (χ4v) is 3.73.